The van der Waals surface area contributed by atoms with Crippen LogP contribution in [-0.2, 0) is 19.0 Å². The number of rotatable bonds is 4. The maximum absolute atomic E-state index is 11.3. The third-order valence-corrected chi connectivity index (χ3v) is 4.11. The average Bonchev–Trinajstić information content (AvgIpc) is 2.47. The first kappa shape index (κ1) is 18.5. The zero-order chi connectivity index (χ0) is 17.1. The van der Waals surface area contributed by atoms with Crippen LogP contribution in [0.3, 0.4) is 0 Å². The van der Waals surface area contributed by atoms with Gasteiger partial charge >= 0.3 is 0 Å². The molecule has 1 amide bonds. The molecular weight excluding hydrogens is 310 g/mol. The first-order valence-electron chi connectivity index (χ1n) is 7.70. The highest BCUT2D eigenvalue weighted by atomic mass is 16.7. The highest BCUT2D eigenvalue weighted by Gasteiger charge is 2.43. The topological polar surface area (TPSA) is 138 Å². The first-order valence-corrected chi connectivity index (χ1v) is 7.70. The summed E-state index contributed by atoms with van der Waals surface area (Å²) in [6.07, 6.45) is -5.74. The normalized spacial score (nSPS) is 44.8. The number of nitrogens with one attached hydrogen (secondary N) is 1. The molecule has 0 bridgehead atoms. The number of carbonyl (C=O) groups excluding carboxylic acids is 1. The fraction of sp³-hybridized carbons (Fsp3) is 0.929. The van der Waals surface area contributed by atoms with Gasteiger partial charge < -0.3 is 40.0 Å². The molecule has 2 aliphatic heterocycles. The Morgan fingerprint density at radius 3 is 2.52 bits per heavy atom. The van der Waals surface area contributed by atoms with Crippen LogP contribution in [0.1, 0.15) is 26.7 Å². The Labute approximate surface area is 134 Å². The lowest BCUT2D eigenvalue weighted by molar-refractivity contribution is -0.302. The van der Waals surface area contributed by atoms with Crippen molar-refractivity contribution in [1.29, 1.82) is 0 Å². The zero-order valence-electron chi connectivity index (χ0n) is 13.2. The largest absolute Gasteiger partial charge is 0.394 e. The van der Waals surface area contributed by atoms with Crippen molar-refractivity contribution in [1.82, 2.24) is 5.32 Å². The molecule has 0 aliphatic carbocycles. The molecule has 8 atom stereocenters. The Hall–Kier alpha value is -0.810. The van der Waals surface area contributed by atoms with E-state index in [0.29, 0.717) is 0 Å². The highest BCUT2D eigenvalue weighted by molar-refractivity contribution is 5.73. The van der Waals surface area contributed by atoms with Crippen molar-refractivity contribution in [3.05, 3.63) is 0 Å². The number of hydrogen-bond donors (Lipinski definition) is 5. The van der Waals surface area contributed by atoms with Crippen molar-refractivity contribution in [3.8, 4) is 0 Å². The predicted octanol–water partition coefficient (Wildman–Crippen LogP) is -2.17. The maximum Gasteiger partial charge on any atom is 0.217 e. The smallest absolute Gasteiger partial charge is 0.217 e. The monoisotopic (exact) mass is 335 g/mol. The van der Waals surface area contributed by atoms with Crippen LogP contribution in [0.5, 0.6) is 0 Å². The Bertz CT molecular complexity index is 408. The van der Waals surface area contributed by atoms with Gasteiger partial charge in [-0.15, -0.1) is 0 Å². The summed E-state index contributed by atoms with van der Waals surface area (Å²) in [5.74, 6) is -0.373. The molecule has 2 aliphatic rings. The zero-order valence-corrected chi connectivity index (χ0v) is 13.2. The number of aliphatic hydroxyl groups is 4. The molecule has 2 heterocycles. The minimum atomic E-state index is -1.35. The minimum absolute atomic E-state index is 0.103. The third kappa shape index (κ3) is 4.60. The van der Waals surface area contributed by atoms with Crippen molar-refractivity contribution in [2.45, 2.75) is 75.8 Å². The Morgan fingerprint density at radius 1 is 1.22 bits per heavy atom. The van der Waals surface area contributed by atoms with Gasteiger partial charge in [-0.3, -0.25) is 4.79 Å². The molecule has 0 saturated carbocycles. The second-order valence-corrected chi connectivity index (χ2v) is 6.05. The molecule has 0 aromatic carbocycles. The molecule has 9 nitrogen and oxygen atoms in total. The van der Waals surface area contributed by atoms with Gasteiger partial charge in [0.2, 0.25) is 5.91 Å². The second-order valence-electron chi connectivity index (χ2n) is 6.05. The molecule has 0 spiro atoms. The summed E-state index contributed by atoms with van der Waals surface area (Å²) >= 11 is 0. The predicted molar refractivity (Wildman–Crippen MR) is 76.0 cm³/mol. The molecule has 134 valence electrons. The van der Waals surface area contributed by atoms with E-state index in [2.05, 4.69) is 5.32 Å². The molecule has 23 heavy (non-hydrogen) atoms. The van der Waals surface area contributed by atoms with E-state index >= 15 is 0 Å². The van der Waals surface area contributed by atoms with Crippen LogP contribution >= 0.6 is 0 Å². The van der Waals surface area contributed by atoms with E-state index in [0.717, 1.165) is 0 Å². The molecule has 9 heteroatoms. The quantitative estimate of drug-likeness (QED) is 0.391. The molecule has 0 aromatic heterocycles. The van der Waals surface area contributed by atoms with Crippen LogP contribution in [0.25, 0.3) is 0 Å². The highest BCUT2D eigenvalue weighted by Crippen LogP contribution is 2.27. The molecule has 2 saturated heterocycles. The summed E-state index contributed by atoms with van der Waals surface area (Å²) in [4.78, 5) is 11.3. The molecule has 2 fully saturated rings. The van der Waals surface area contributed by atoms with Gasteiger partial charge in [0.1, 0.15) is 12.1 Å². The van der Waals surface area contributed by atoms with Crippen LogP contribution in [0, 0.1) is 0 Å². The lowest BCUT2D eigenvalue weighted by atomic mass is 9.99. The van der Waals surface area contributed by atoms with E-state index in [4.69, 9.17) is 14.2 Å². The number of amides is 1. The minimum Gasteiger partial charge on any atom is -0.394 e. The van der Waals surface area contributed by atoms with Gasteiger partial charge in [-0.2, -0.15) is 0 Å². The van der Waals surface area contributed by atoms with E-state index in [1.165, 1.54) is 6.92 Å². The number of ether oxygens (including phenoxy) is 3. The fourth-order valence-corrected chi connectivity index (χ4v) is 2.82. The molecule has 5 N–H and O–H groups in total. The van der Waals surface area contributed by atoms with Gasteiger partial charge in [-0.1, -0.05) is 0 Å². The van der Waals surface area contributed by atoms with Gasteiger partial charge in [0.15, 0.2) is 12.6 Å². The van der Waals surface area contributed by atoms with Gasteiger partial charge in [0.05, 0.1) is 31.0 Å². The van der Waals surface area contributed by atoms with Crippen molar-refractivity contribution >= 4 is 5.91 Å². The van der Waals surface area contributed by atoms with Crippen LogP contribution in [0.2, 0.25) is 0 Å². The second kappa shape index (κ2) is 7.84. The SMILES string of the molecule is CC(=O)N[C@H]1[C@H](O)O[C@H](CO)C[C@@H]1O[C@@H]1O[C@H](C)[C@@H](O)C[C@@H]1O. The summed E-state index contributed by atoms with van der Waals surface area (Å²) in [6.45, 7) is 2.65. The van der Waals surface area contributed by atoms with Gasteiger partial charge in [0, 0.05) is 19.8 Å². The van der Waals surface area contributed by atoms with E-state index in [1.54, 1.807) is 6.92 Å². The Kier molecular flexibility index (Phi) is 6.32. The summed E-state index contributed by atoms with van der Waals surface area (Å²) in [7, 11) is 0. The van der Waals surface area contributed by atoms with Crippen molar-refractivity contribution in [3.63, 3.8) is 0 Å². The molecule has 0 radical (unpaired) electrons. The summed E-state index contributed by atoms with van der Waals surface area (Å²) in [5, 5.41) is 41.5. The molecule has 2 rings (SSSR count). The number of hydrogen-bond acceptors (Lipinski definition) is 8. The maximum atomic E-state index is 11.3. The number of carbonyl (C=O) groups is 1. The lowest BCUT2D eigenvalue weighted by Crippen LogP contribution is -2.60. The standard InChI is InChI=1S/C14H25NO8/c1-6-9(18)4-10(19)14(21-6)23-11-3-8(5-16)22-13(20)12(11)15-7(2)17/h6,8-14,16,18-20H,3-5H2,1-2H3,(H,15,17)/t6-,8+,9+,10+,11+,12-,13-,14+/m1/s1. The van der Waals surface area contributed by atoms with Gasteiger partial charge in [0.25, 0.3) is 0 Å². The van der Waals surface area contributed by atoms with Gasteiger partial charge in [-0.25, -0.2) is 0 Å². The molecular formula is C14H25NO8. The van der Waals surface area contributed by atoms with Gasteiger partial charge in [-0.05, 0) is 6.92 Å². The lowest BCUT2D eigenvalue weighted by Gasteiger charge is -2.43. The van der Waals surface area contributed by atoms with Crippen LogP contribution in [-0.4, -0.2) is 82.1 Å². The van der Waals surface area contributed by atoms with Crippen molar-refractivity contribution < 1.29 is 39.4 Å². The van der Waals surface area contributed by atoms with Crippen LogP contribution in [0.4, 0.5) is 0 Å². The van der Waals surface area contributed by atoms with Crippen molar-refractivity contribution in [2.75, 3.05) is 6.61 Å². The summed E-state index contributed by atoms with van der Waals surface area (Å²) in [6, 6.07) is -0.853. The van der Waals surface area contributed by atoms with Crippen LogP contribution < -0.4 is 5.32 Å². The average molecular weight is 335 g/mol. The fourth-order valence-electron chi connectivity index (χ4n) is 2.82. The Balaban J connectivity index is 2.07. The van der Waals surface area contributed by atoms with Crippen LogP contribution in [0.15, 0.2) is 0 Å². The number of aliphatic hydroxyl groups excluding tert-OH is 4. The van der Waals surface area contributed by atoms with E-state index in [-0.39, 0.29) is 25.4 Å². The molecule has 0 unspecified atom stereocenters. The van der Waals surface area contributed by atoms with Crippen molar-refractivity contribution in [2.24, 2.45) is 0 Å². The molecule has 0 aromatic rings. The van der Waals surface area contributed by atoms with E-state index in [9.17, 15) is 25.2 Å². The summed E-state index contributed by atoms with van der Waals surface area (Å²) < 4.78 is 16.4. The van der Waals surface area contributed by atoms with E-state index in [1.807, 2.05) is 0 Å². The van der Waals surface area contributed by atoms with E-state index < -0.39 is 49.1 Å². The Morgan fingerprint density at radius 2 is 1.91 bits per heavy atom. The third-order valence-electron chi connectivity index (χ3n) is 4.11. The first-order chi connectivity index (χ1) is 10.8. The summed E-state index contributed by atoms with van der Waals surface area (Å²) in [5.41, 5.74) is 0.